The van der Waals surface area contributed by atoms with E-state index in [1.165, 1.54) is 12.1 Å². The summed E-state index contributed by atoms with van der Waals surface area (Å²) in [6, 6.07) is 8.15. The molecule has 244 valence electrons. The number of aryl methyl sites for hydroxylation is 2. The van der Waals surface area contributed by atoms with Gasteiger partial charge in [0.2, 0.25) is 0 Å². The first-order valence-electron chi connectivity index (χ1n) is 16.0. The zero-order chi connectivity index (χ0) is 32.3. The van der Waals surface area contributed by atoms with E-state index in [-0.39, 0.29) is 23.3 Å². The molecule has 3 aromatic carbocycles. The molecule has 2 aliphatic rings. The molecule has 0 bridgehead atoms. The Bertz CT molecular complexity index is 1490. The highest BCUT2D eigenvalue weighted by Gasteiger charge is 2.34. The Labute approximate surface area is 259 Å². The monoisotopic (exact) mass is 638 g/mol. The van der Waals surface area contributed by atoms with Crippen LogP contribution in [-0.2, 0) is 25.7 Å². The van der Waals surface area contributed by atoms with E-state index in [0.29, 0.717) is 92.0 Å². The number of hydrogen-bond donors (Lipinski definition) is 0. The van der Waals surface area contributed by atoms with Crippen molar-refractivity contribution in [1.29, 1.82) is 0 Å². The molecule has 2 aliphatic carbocycles. The number of alkyl halides is 3. The van der Waals surface area contributed by atoms with E-state index >= 15 is 8.78 Å². The molecule has 0 heterocycles. The average Bonchev–Trinajstić information content (AvgIpc) is 2.99. The highest BCUT2D eigenvalue weighted by Crippen LogP contribution is 2.44. The van der Waals surface area contributed by atoms with E-state index in [2.05, 4.69) is 11.7 Å². The van der Waals surface area contributed by atoms with Crippen LogP contribution in [0.5, 0.6) is 5.75 Å². The highest BCUT2D eigenvalue weighted by molar-refractivity contribution is 5.40. The van der Waals surface area contributed by atoms with Gasteiger partial charge in [0.1, 0.15) is 11.6 Å². The third-order valence-corrected chi connectivity index (χ3v) is 9.66. The third-order valence-electron chi connectivity index (χ3n) is 9.66. The second-order valence-corrected chi connectivity index (χ2v) is 12.6. The van der Waals surface area contributed by atoms with Crippen molar-refractivity contribution in [3.05, 3.63) is 98.9 Å². The summed E-state index contributed by atoms with van der Waals surface area (Å²) in [5.74, 6) is -5.09. The maximum absolute atomic E-state index is 15.8. The molecule has 1 fully saturated rings. The first-order valence-corrected chi connectivity index (χ1v) is 16.0. The predicted molar refractivity (Wildman–Crippen MR) is 157 cm³/mol. The molecule has 0 radical (unpaired) electrons. The first-order chi connectivity index (χ1) is 21.4. The molecule has 9 heteroatoms. The lowest BCUT2D eigenvalue weighted by molar-refractivity contribution is -0.275. The van der Waals surface area contributed by atoms with E-state index in [0.717, 1.165) is 31.4 Å². The van der Waals surface area contributed by atoms with Crippen LogP contribution < -0.4 is 4.74 Å². The van der Waals surface area contributed by atoms with Gasteiger partial charge in [0.05, 0.1) is 0 Å². The highest BCUT2D eigenvalue weighted by atomic mass is 19.4. The van der Waals surface area contributed by atoms with Crippen LogP contribution in [-0.4, -0.2) is 6.36 Å². The molecule has 1 atom stereocenters. The van der Waals surface area contributed by atoms with Gasteiger partial charge in [0.25, 0.3) is 0 Å². The number of ether oxygens (including phenoxy) is 1. The van der Waals surface area contributed by atoms with E-state index in [1.54, 1.807) is 12.1 Å². The standard InChI is InChI=1S/C36H38F8O/c1-2-3-4-5-24-13-14-25(34(40)33(24)39)8-6-21-7-16-28-27(18-21)20-30(38)32(35(28)41)23-11-9-22(10-12-23)26-15-17-31(29(37)19-26)45-36(42,43)44/h13-15,17,19-23H,2-12,16,18H2,1H3. The number of benzene rings is 3. The fraction of sp³-hybridized carbons (Fsp3) is 0.500. The second kappa shape index (κ2) is 14.1. The lowest BCUT2D eigenvalue weighted by Crippen LogP contribution is -2.21. The van der Waals surface area contributed by atoms with Crippen LogP contribution in [0.25, 0.3) is 0 Å². The largest absolute Gasteiger partial charge is 0.573 e. The SMILES string of the molecule is CCCCCc1ccc(CCC2CCc3c(cc(F)c(C4CCC(c5ccc(OC(F)(F)F)c(F)c5)CC4)c3F)C2)c(F)c1F. The summed E-state index contributed by atoms with van der Waals surface area (Å²) in [7, 11) is 0. The topological polar surface area (TPSA) is 9.23 Å². The maximum Gasteiger partial charge on any atom is 0.573 e. The molecule has 45 heavy (non-hydrogen) atoms. The van der Waals surface area contributed by atoms with Gasteiger partial charge in [0, 0.05) is 5.56 Å². The summed E-state index contributed by atoms with van der Waals surface area (Å²) in [6.45, 7) is 2.05. The molecule has 1 nitrogen and oxygen atoms in total. The maximum atomic E-state index is 15.8. The number of fused-ring (bicyclic) bond motifs is 1. The lowest BCUT2D eigenvalue weighted by atomic mass is 9.74. The molecule has 0 N–H and O–H groups in total. The third kappa shape index (κ3) is 7.83. The van der Waals surface area contributed by atoms with Crippen molar-refractivity contribution in [2.24, 2.45) is 5.92 Å². The number of hydrogen-bond acceptors (Lipinski definition) is 1. The van der Waals surface area contributed by atoms with Gasteiger partial charge in [-0.3, -0.25) is 0 Å². The molecular weight excluding hydrogens is 600 g/mol. The van der Waals surface area contributed by atoms with Gasteiger partial charge in [-0.15, -0.1) is 13.2 Å². The van der Waals surface area contributed by atoms with E-state index in [1.807, 2.05) is 0 Å². The number of rotatable bonds is 10. The molecule has 3 aromatic rings. The van der Waals surface area contributed by atoms with E-state index in [4.69, 9.17) is 0 Å². The first kappa shape index (κ1) is 33.3. The van der Waals surface area contributed by atoms with Gasteiger partial charge in [0.15, 0.2) is 23.2 Å². The molecule has 1 saturated carbocycles. The minimum Gasteiger partial charge on any atom is -0.403 e. The van der Waals surface area contributed by atoms with Crippen molar-refractivity contribution in [1.82, 2.24) is 0 Å². The molecule has 1 unspecified atom stereocenters. The van der Waals surface area contributed by atoms with Gasteiger partial charge in [-0.25, -0.2) is 22.0 Å². The van der Waals surface area contributed by atoms with Crippen molar-refractivity contribution in [2.75, 3.05) is 0 Å². The Kier molecular flexibility index (Phi) is 10.4. The van der Waals surface area contributed by atoms with Crippen molar-refractivity contribution < 1.29 is 39.9 Å². The molecule has 0 aliphatic heterocycles. The minimum absolute atomic E-state index is 0.0716. The van der Waals surface area contributed by atoms with Crippen LogP contribution in [0.2, 0.25) is 0 Å². The van der Waals surface area contributed by atoms with Crippen molar-refractivity contribution in [3.63, 3.8) is 0 Å². The van der Waals surface area contributed by atoms with E-state index in [9.17, 15) is 26.3 Å². The Morgan fingerprint density at radius 2 is 1.40 bits per heavy atom. The van der Waals surface area contributed by atoms with E-state index < -0.39 is 41.2 Å². The number of halogens is 8. The normalized spacial score (nSPS) is 20.2. The molecule has 0 aromatic heterocycles. The zero-order valence-corrected chi connectivity index (χ0v) is 25.3. The summed E-state index contributed by atoms with van der Waals surface area (Å²) >= 11 is 0. The van der Waals surface area contributed by atoms with Gasteiger partial charge in [-0.2, -0.15) is 0 Å². The van der Waals surface area contributed by atoms with Crippen molar-refractivity contribution >= 4 is 0 Å². The zero-order valence-electron chi connectivity index (χ0n) is 25.3. The Morgan fingerprint density at radius 1 is 0.733 bits per heavy atom. The van der Waals surface area contributed by atoms with Crippen LogP contribution in [0.1, 0.15) is 110 Å². The molecule has 5 rings (SSSR count). The van der Waals surface area contributed by atoms with Crippen LogP contribution in [0, 0.1) is 35.0 Å². The summed E-state index contributed by atoms with van der Waals surface area (Å²) in [6.07, 6.45) is 2.74. The van der Waals surface area contributed by atoms with Gasteiger partial charge in [-0.1, -0.05) is 38.0 Å². The molecule has 0 saturated heterocycles. The smallest absolute Gasteiger partial charge is 0.403 e. The quantitative estimate of drug-likeness (QED) is 0.159. The van der Waals surface area contributed by atoms with Crippen LogP contribution >= 0.6 is 0 Å². The Hall–Kier alpha value is -3.10. The van der Waals surface area contributed by atoms with Crippen LogP contribution in [0.3, 0.4) is 0 Å². The fourth-order valence-corrected chi connectivity index (χ4v) is 7.20. The molecule has 0 spiro atoms. The summed E-state index contributed by atoms with van der Waals surface area (Å²) in [5, 5.41) is 0. The average molecular weight is 639 g/mol. The second-order valence-electron chi connectivity index (χ2n) is 12.6. The summed E-state index contributed by atoms with van der Waals surface area (Å²) < 4.78 is 116. The van der Waals surface area contributed by atoms with Crippen LogP contribution in [0.4, 0.5) is 35.1 Å². The summed E-state index contributed by atoms with van der Waals surface area (Å²) in [5.41, 5.74) is 2.46. The minimum atomic E-state index is -5.00. The van der Waals surface area contributed by atoms with Gasteiger partial charge in [-0.05, 0) is 134 Å². The van der Waals surface area contributed by atoms with Gasteiger partial charge < -0.3 is 4.74 Å². The fourth-order valence-electron chi connectivity index (χ4n) is 7.20. The molecule has 0 amide bonds. The predicted octanol–water partition coefficient (Wildman–Crippen LogP) is 11.2. The lowest BCUT2D eigenvalue weighted by Gasteiger charge is -2.32. The molecular formula is C36H38F8O. The number of unbranched alkanes of at least 4 members (excludes halogenated alkanes) is 2. The Morgan fingerprint density at radius 3 is 2.04 bits per heavy atom. The summed E-state index contributed by atoms with van der Waals surface area (Å²) in [4.78, 5) is 0. The van der Waals surface area contributed by atoms with Crippen molar-refractivity contribution in [3.8, 4) is 5.75 Å². The van der Waals surface area contributed by atoms with Crippen molar-refractivity contribution in [2.45, 2.75) is 109 Å². The van der Waals surface area contributed by atoms with Gasteiger partial charge >= 0.3 is 6.36 Å². The van der Waals surface area contributed by atoms with Crippen LogP contribution in [0.15, 0.2) is 36.4 Å². The Balaban J connectivity index is 1.20.